The highest BCUT2D eigenvalue weighted by molar-refractivity contribution is 6.35. The van der Waals surface area contributed by atoms with E-state index in [1.54, 1.807) is 6.92 Å². The second-order valence-electron chi connectivity index (χ2n) is 6.70. The first-order chi connectivity index (χ1) is 14.8. The average Bonchev–Trinajstić information content (AvgIpc) is 3.05. The van der Waals surface area contributed by atoms with Crippen molar-refractivity contribution in [2.24, 2.45) is 0 Å². The van der Waals surface area contributed by atoms with Gasteiger partial charge in [0.15, 0.2) is 11.9 Å². The molecular weight excluding hydrogens is 499 g/mol. The molecule has 3 aromatic rings. The van der Waals surface area contributed by atoms with Crippen LogP contribution in [0, 0.1) is 5.82 Å². The second kappa shape index (κ2) is 8.80. The van der Waals surface area contributed by atoms with Crippen molar-refractivity contribution in [3.63, 3.8) is 0 Å². The molecule has 0 aliphatic heterocycles. The van der Waals surface area contributed by atoms with Gasteiger partial charge in [-0.1, -0.05) is 34.8 Å². The van der Waals surface area contributed by atoms with Crippen molar-refractivity contribution in [3.05, 3.63) is 68.0 Å². The minimum absolute atomic E-state index is 0.152. The van der Waals surface area contributed by atoms with Gasteiger partial charge in [0.25, 0.3) is 5.91 Å². The second-order valence-corrected chi connectivity index (χ2v) is 7.92. The number of carbonyl (C=O) groups is 2. The number of aryl methyl sites for hydroxylation is 1. The van der Waals surface area contributed by atoms with Crippen LogP contribution in [0.1, 0.15) is 39.4 Å². The standard InChI is InChI=1S/C20H13Cl3F4N2O3/c1-2-29-14-7-11(21)10(19(31)32)3-8(14)6-15(29)18(30)28-17(20(25,26)27)9-4-12(22)16(24)13(23)5-9/h3-7,17H,2H2,1H3,(H,28,30)(H,31,32)/p-1. The average molecular weight is 511 g/mol. The van der Waals surface area contributed by atoms with E-state index in [9.17, 15) is 32.3 Å². The summed E-state index contributed by atoms with van der Waals surface area (Å²) in [7, 11) is 0. The normalized spacial score (nSPS) is 12.8. The molecule has 1 amide bonds. The Morgan fingerprint density at radius 3 is 2.16 bits per heavy atom. The summed E-state index contributed by atoms with van der Waals surface area (Å²) in [5.74, 6) is -3.75. The third-order valence-corrected chi connectivity index (χ3v) is 5.56. The van der Waals surface area contributed by atoms with E-state index in [4.69, 9.17) is 34.8 Å². The van der Waals surface area contributed by atoms with E-state index in [-0.39, 0.29) is 28.2 Å². The Balaban J connectivity index is 2.08. The fourth-order valence-electron chi connectivity index (χ4n) is 3.27. The van der Waals surface area contributed by atoms with E-state index >= 15 is 0 Å². The lowest BCUT2D eigenvalue weighted by Crippen LogP contribution is -2.39. The molecule has 5 nitrogen and oxygen atoms in total. The highest BCUT2D eigenvalue weighted by atomic mass is 35.5. The van der Waals surface area contributed by atoms with Gasteiger partial charge in [0.1, 0.15) is 5.69 Å². The van der Waals surface area contributed by atoms with Crippen LogP contribution in [0.4, 0.5) is 17.6 Å². The topological polar surface area (TPSA) is 74.2 Å². The maximum atomic E-state index is 13.7. The third kappa shape index (κ3) is 4.51. The van der Waals surface area contributed by atoms with E-state index in [2.05, 4.69) is 0 Å². The molecule has 0 saturated heterocycles. The lowest BCUT2D eigenvalue weighted by molar-refractivity contribution is -0.255. The van der Waals surface area contributed by atoms with Gasteiger partial charge in [0, 0.05) is 17.5 Å². The summed E-state index contributed by atoms with van der Waals surface area (Å²) >= 11 is 17.2. The predicted molar refractivity (Wildman–Crippen MR) is 110 cm³/mol. The highest BCUT2D eigenvalue weighted by Gasteiger charge is 2.43. The first kappa shape index (κ1) is 24.2. The largest absolute Gasteiger partial charge is 0.545 e. The number of carboxylic acids is 1. The van der Waals surface area contributed by atoms with Crippen molar-refractivity contribution in [2.75, 3.05) is 0 Å². The summed E-state index contributed by atoms with van der Waals surface area (Å²) in [6.45, 7) is 1.80. The fourth-order valence-corrected chi connectivity index (χ4v) is 4.01. The van der Waals surface area contributed by atoms with Crippen molar-refractivity contribution in [1.29, 1.82) is 0 Å². The smallest absolute Gasteiger partial charge is 0.412 e. The number of halogens is 7. The van der Waals surface area contributed by atoms with Gasteiger partial charge in [0.05, 0.1) is 26.6 Å². The SMILES string of the molecule is CCn1c(C(=O)NC(c2cc(Cl)c(F)c(Cl)c2)C(F)(F)F)cc2cc(C(=O)[O-])c(Cl)cc21. The van der Waals surface area contributed by atoms with Crippen LogP contribution >= 0.6 is 34.8 Å². The Hall–Kier alpha value is -2.49. The Kier molecular flexibility index (Phi) is 6.65. The minimum Gasteiger partial charge on any atom is -0.545 e. The molecule has 0 aliphatic carbocycles. The summed E-state index contributed by atoms with van der Waals surface area (Å²) in [6, 6.07) is 2.58. The molecule has 0 spiro atoms. The summed E-state index contributed by atoms with van der Waals surface area (Å²) in [6.07, 6.45) is -4.96. The summed E-state index contributed by atoms with van der Waals surface area (Å²) < 4.78 is 56.2. The van der Waals surface area contributed by atoms with Crippen molar-refractivity contribution >= 4 is 57.6 Å². The molecule has 0 radical (unpaired) electrons. The van der Waals surface area contributed by atoms with E-state index in [0.29, 0.717) is 5.52 Å². The quantitative estimate of drug-likeness (QED) is 0.381. The van der Waals surface area contributed by atoms with Crippen molar-refractivity contribution in [1.82, 2.24) is 9.88 Å². The Bertz CT molecular complexity index is 1220. The van der Waals surface area contributed by atoms with Crippen LogP contribution in [0.15, 0.2) is 30.3 Å². The number of hydrogen-bond acceptors (Lipinski definition) is 3. The number of aromatic nitrogens is 1. The molecule has 0 fully saturated rings. The molecule has 0 aliphatic rings. The zero-order valence-corrected chi connectivity index (χ0v) is 18.3. The van der Waals surface area contributed by atoms with Gasteiger partial charge in [-0.05, 0) is 42.8 Å². The summed E-state index contributed by atoms with van der Waals surface area (Å²) in [5, 5.41) is 11.9. The van der Waals surface area contributed by atoms with Gasteiger partial charge in [-0.2, -0.15) is 13.2 Å². The van der Waals surface area contributed by atoms with Crippen molar-refractivity contribution in [3.8, 4) is 0 Å². The number of nitrogens with one attached hydrogen (secondary N) is 1. The molecule has 32 heavy (non-hydrogen) atoms. The number of carbonyl (C=O) groups excluding carboxylic acids is 2. The Labute approximate surface area is 193 Å². The molecular formula is C20H12Cl3F4N2O3-. The van der Waals surface area contributed by atoms with Gasteiger partial charge in [-0.25, -0.2) is 4.39 Å². The molecule has 3 rings (SSSR count). The molecule has 1 N–H and O–H groups in total. The fraction of sp³-hybridized carbons (Fsp3) is 0.200. The molecule has 0 bridgehead atoms. The summed E-state index contributed by atoms with van der Waals surface area (Å²) in [4.78, 5) is 24.0. The lowest BCUT2D eigenvalue weighted by Gasteiger charge is -2.23. The van der Waals surface area contributed by atoms with Crippen LogP contribution in [0.5, 0.6) is 0 Å². The molecule has 12 heteroatoms. The third-order valence-electron chi connectivity index (χ3n) is 4.70. The number of benzene rings is 2. The van der Waals surface area contributed by atoms with E-state index in [1.165, 1.54) is 16.7 Å². The molecule has 2 aromatic carbocycles. The molecule has 0 saturated carbocycles. The van der Waals surface area contributed by atoms with E-state index < -0.39 is 45.5 Å². The zero-order chi connectivity index (χ0) is 24.0. The first-order valence-corrected chi connectivity index (χ1v) is 10.0. The number of carboxylic acid groups (broad SMARTS) is 1. The Morgan fingerprint density at radius 2 is 1.66 bits per heavy atom. The van der Waals surface area contributed by atoms with Gasteiger partial charge >= 0.3 is 6.18 Å². The van der Waals surface area contributed by atoms with Crippen LogP contribution in [-0.2, 0) is 6.54 Å². The number of hydrogen-bond donors (Lipinski definition) is 1. The van der Waals surface area contributed by atoms with Crippen LogP contribution < -0.4 is 10.4 Å². The van der Waals surface area contributed by atoms with Gasteiger partial charge in [-0.15, -0.1) is 0 Å². The molecule has 170 valence electrons. The van der Waals surface area contributed by atoms with Crippen LogP contribution in [0.25, 0.3) is 10.9 Å². The Morgan fingerprint density at radius 1 is 1.06 bits per heavy atom. The number of amides is 1. The number of aromatic carboxylic acids is 1. The minimum atomic E-state index is -4.96. The molecule has 1 heterocycles. The van der Waals surface area contributed by atoms with Crippen molar-refractivity contribution in [2.45, 2.75) is 25.7 Å². The van der Waals surface area contributed by atoms with Gasteiger partial charge in [-0.3, -0.25) is 4.79 Å². The van der Waals surface area contributed by atoms with Gasteiger partial charge < -0.3 is 19.8 Å². The predicted octanol–water partition coefficient (Wildman–Crippen LogP) is 5.16. The van der Waals surface area contributed by atoms with E-state index in [1.807, 2.05) is 5.32 Å². The lowest BCUT2D eigenvalue weighted by atomic mass is 10.1. The number of alkyl halides is 3. The molecule has 1 atom stereocenters. The first-order valence-electron chi connectivity index (χ1n) is 8.91. The highest BCUT2D eigenvalue weighted by Crippen LogP contribution is 2.37. The van der Waals surface area contributed by atoms with Crippen LogP contribution in [0.2, 0.25) is 15.1 Å². The van der Waals surface area contributed by atoms with E-state index in [0.717, 1.165) is 18.2 Å². The maximum Gasteiger partial charge on any atom is 0.412 e. The molecule has 1 unspecified atom stereocenters. The number of fused-ring (bicyclic) bond motifs is 1. The summed E-state index contributed by atoms with van der Waals surface area (Å²) in [5.41, 5.74) is -0.737. The number of rotatable bonds is 5. The molecule has 1 aromatic heterocycles. The zero-order valence-electron chi connectivity index (χ0n) is 16.0. The maximum absolute atomic E-state index is 13.7. The van der Waals surface area contributed by atoms with Crippen molar-refractivity contribution < 1.29 is 32.3 Å². The van der Waals surface area contributed by atoms with Crippen LogP contribution in [0.3, 0.4) is 0 Å². The van der Waals surface area contributed by atoms with Gasteiger partial charge in [0.2, 0.25) is 0 Å². The number of nitrogens with zero attached hydrogens (tertiary/aromatic N) is 1. The van der Waals surface area contributed by atoms with Crippen LogP contribution in [-0.4, -0.2) is 22.6 Å². The monoisotopic (exact) mass is 509 g/mol.